The van der Waals surface area contributed by atoms with E-state index in [0.29, 0.717) is 16.6 Å². The second-order valence-electron chi connectivity index (χ2n) is 2.85. The Morgan fingerprint density at radius 2 is 2.27 bits per heavy atom. The molecular weight excluding hydrogens is 210 g/mol. The van der Waals surface area contributed by atoms with Crippen LogP contribution in [0.15, 0.2) is 23.3 Å². The topological polar surface area (TPSA) is 75.3 Å². The summed E-state index contributed by atoms with van der Waals surface area (Å²) < 4.78 is 0. The van der Waals surface area contributed by atoms with Crippen LogP contribution in [-0.2, 0) is 0 Å². The van der Waals surface area contributed by atoms with Crippen molar-refractivity contribution in [2.45, 2.75) is 6.92 Å². The molecule has 1 heterocycles. The van der Waals surface area contributed by atoms with E-state index in [1.54, 1.807) is 13.1 Å². The fourth-order valence-electron chi connectivity index (χ4n) is 0.910. The Kier molecular flexibility index (Phi) is 3.99. The van der Waals surface area contributed by atoms with Crippen LogP contribution in [0.4, 0.5) is 0 Å². The van der Waals surface area contributed by atoms with Gasteiger partial charge in [-0.2, -0.15) is 5.10 Å². The summed E-state index contributed by atoms with van der Waals surface area (Å²) >= 11 is 4.84. The lowest BCUT2D eigenvalue weighted by molar-refractivity contribution is 0.968. The van der Waals surface area contributed by atoms with Crippen LogP contribution in [0.2, 0.25) is 0 Å². The molecule has 0 spiro atoms. The monoisotopic (exact) mass is 223 g/mol. The molecule has 15 heavy (non-hydrogen) atoms. The molecular formula is C9H13N5S. The quantitative estimate of drug-likeness (QED) is 0.287. The van der Waals surface area contributed by atoms with Gasteiger partial charge in [0.05, 0.1) is 0 Å². The number of hydrogen-bond acceptors (Lipinski definition) is 3. The van der Waals surface area contributed by atoms with Crippen molar-refractivity contribution in [2.75, 3.05) is 7.05 Å². The standard InChI is InChI=1S/C9H13N5S/c1-6-4-3-5-7(12-6)8(10)13-14-9(15)11-2/h3-5H,1-2H3,(H2,10,13)(H2,11,14,15). The summed E-state index contributed by atoms with van der Waals surface area (Å²) in [4.78, 5) is 4.22. The lowest BCUT2D eigenvalue weighted by Gasteiger charge is -2.03. The van der Waals surface area contributed by atoms with Crippen LogP contribution in [0.25, 0.3) is 0 Å². The van der Waals surface area contributed by atoms with Gasteiger partial charge in [0, 0.05) is 12.7 Å². The number of thiocarbonyl (C=S) groups is 1. The van der Waals surface area contributed by atoms with Gasteiger partial charge in [-0.05, 0) is 31.3 Å². The summed E-state index contributed by atoms with van der Waals surface area (Å²) in [5.41, 5.74) is 9.81. The fraction of sp³-hybridized carbons (Fsp3) is 0.222. The Morgan fingerprint density at radius 3 is 2.87 bits per heavy atom. The van der Waals surface area contributed by atoms with E-state index in [1.165, 1.54) is 0 Å². The first kappa shape index (κ1) is 11.4. The van der Waals surface area contributed by atoms with Gasteiger partial charge in [0.25, 0.3) is 0 Å². The molecule has 5 nitrogen and oxygen atoms in total. The van der Waals surface area contributed by atoms with E-state index in [4.69, 9.17) is 18.0 Å². The van der Waals surface area contributed by atoms with Crippen molar-refractivity contribution < 1.29 is 0 Å². The van der Waals surface area contributed by atoms with E-state index in [0.717, 1.165) is 5.69 Å². The number of rotatable bonds is 2. The van der Waals surface area contributed by atoms with Gasteiger partial charge in [-0.3, -0.25) is 5.43 Å². The highest BCUT2D eigenvalue weighted by Gasteiger charge is 1.99. The van der Waals surface area contributed by atoms with E-state index < -0.39 is 0 Å². The molecule has 0 unspecified atom stereocenters. The Hall–Kier alpha value is -1.69. The SMILES string of the molecule is CNC(=S)N/N=C(\N)c1cccc(C)n1. The average Bonchev–Trinajstić information content (AvgIpc) is 2.25. The average molecular weight is 223 g/mol. The van der Waals surface area contributed by atoms with Gasteiger partial charge < -0.3 is 11.1 Å². The maximum absolute atomic E-state index is 5.70. The van der Waals surface area contributed by atoms with Gasteiger partial charge in [0.1, 0.15) is 5.69 Å². The molecule has 0 saturated carbocycles. The molecule has 0 aromatic carbocycles. The number of hydrogen-bond donors (Lipinski definition) is 3. The summed E-state index contributed by atoms with van der Waals surface area (Å²) in [6, 6.07) is 5.55. The Balaban J connectivity index is 2.75. The van der Waals surface area contributed by atoms with Crippen molar-refractivity contribution in [3.63, 3.8) is 0 Å². The summed E-state index contributed by atoms with van der Waals surface area (Å²) in [5, 5.41) is 7.01. The molecule has 0 aliphatic rings. The first-order valence-corrected chi connectivity index (χ1v) is 4.79. The summed E-state index contributed by atoms with van der Waals surface area (Å²) in [5.74, 6) is 0.302. The van der Waals surface area contributed by atoms with Gasteiger partial charge in [-0.25, -0.2) is 4.98 Å². The number of nitrogens with one attached hydrogen (secondary N) is 2. The second-order valence-corrected chi connectivity index (χ2v) is 3.26. The van der Waals surface area contributed by atoms with Gasteiger partial charge in [-0.1, -0.05) is 6.07 Å². The minimum atomic E-state index is 0.302. The largest absolute Gasteiger partial charge is 0.380 e. The Bertz CT molecular complexity index is 388. The molecule has 0 bridgehead atoms. The molecule has 0 saturated heterocycles. The molecule has 0 aliphatic carbocycles. The Morgan fingerprint density at radius 1 is 1.53 bits per heavy atom. The van der Waals surface area contributed by atoms with E-state index in [-0.39, 0.29) is 0 Å². The minimum absolute atomic E-state index is 0.302. The predicted molar refractivity (Wildman–Crippen MR) is 64.5 cm³/mol. The minimum Gasteiger partial charge on any atom is -0.380 e. The van der Waals surface area contributed by atoms with Crippen LogP contribution in [0.5, 0.6) is 0 Å². The highest BCUT2D eigenvalue weighted by molar-refractivity contribution is 7.80. The van der Waals surface area contributed by atoms with E-state index in [9.17, 15) is 0 Å². The first-order valence-electron chi connectivity index (χ1n) is 4.38. The number of amidine groups is 1. The normalized spacial score (nSPS) is 10.9. The van der Waals surface area contributed by atoms with Gasteiger partial charge in [0.2, 0.25) is 0 Å². The first-order chi connectivity index (χ1) is 7.13. The molecule has 4 N–H and O–H groups in total. The molecule has 0 amide bonds. The van der Waals surface area contributed by atoms with Gasteiger partial charge in [-0.15, -0.1) is 0 Å². The zero-order chi connectivity index (χ0) is 11.3. The highest BCUT2D eigenvalue weighted by atomic mass is 32.1. The fourth-order valence-corrected chi connectivity index (χ4v) is 0.956. The number of pyridine rings is 1. The van der Waals surface area contributed by atoms with Crippen LogP contribution in [0.3, 0.4) is 0 Å². The number of hydrazone groups is 1. The van der Waals surface area contributed by atoms with E-state index >= 15 is 0 Å². The van der Waals surface area contributed by atoms with Crippen molar-refractivity contribution in [1.29, 1.82) is 0 Å². The van der Waals surface area contributed by atoms with Crippen LogP contribution in [0.1, 0.15) is 11.4 Å². The third kappa shape index (κ3) is 3.51. The summed E-state index contributed by atoms with van der Waals surface area (Å²) in [7, 11) is 1.70. The zero-order valence-corrected chi connectivity index (χ0v) is 9.43. The third-order valence-electron chi connectivity index (χ3n) is 1.66. The van der Waals surface area contributed by atoms with Crippen LogP contribution in [-0.4, -0.2) is 23.0 Å². The number of nitrogens with zero attached hydrogens (tertiary/aromatic N) is 2. The molecule has 0 aliphatic heterocycles. The van der Waals surface area contributed by atoms with Crippen LogP contribution < -0.4 is 16.5 Å². The smallest absolute Gasteiger partial charge is 0.186 e. The number of aryl methyl sites for hydroxylation is 1. The maximum Gasteiger partial charge on any atom is 0.186 e. The van der Waals surface area contributed by atoms with Crippen LogP contribution >= 0.6 is 12.2 Å². The lowest BCUT2D eigenvalue weighted by Crippen LogP contribution is -2.31. The summed E-state index contributed by atoms with van der Waals surface area (Å²) in [6.45, 7) is 1.89. The maximum atomic E-state index is 5.70. The molecule has 1 aromatic heterocycles. The van der Waals surface area contributed by atoms with E-state index in [1.807, 2.05) is 19.1 Å². The van der Waals surface area contributed by atoms with E-state index in [2.05, 4.69) is 20.8 Å². The van der Waals surface area contributed by atoms with Gasteiger partial charge in [0.15, 0.2) is 10.9 Å². The van der Waals surface area contributed by atoms with Crippen molar-refractivity contribution in [3.8, 4) is 0 Å². The van der Waals surface area contributed by atoms with Crippen molar-refractivity contribution in [2.24, 2.45) is 10.8 Å². The molecule has 0 atom stereocenters. The summed E-state index contributed by atoms with van der Waals surface area (Å²) in [6.07, 6.45) is 0. The molecule has 1 rings (SSSR count). The molecule has 80 valence electrons. The van der Waals surface area contributed by atoms with Crippen LogP contribution in [0, 0.1) is 6.92 Å². The van der Waals surface area contributed by atoms with Crippen molar-refractivity contribution >= 4 is 23.2 Å². The molecule has 0 radical (unpaired) electrons. The third-order valence-corrected chi connectivity index (χ3v) is 1.95. The van der Waals surface area contributed by atoms with Gasteiger partial charge >= 0.3 is 0 Å². The van der Waals surface area contributed by atoms with Crippen molar-refractivity contribution in [1.82, 2.24) is 15.7 Å². The molecule has 0 fully saturated rings. The van der Waals surface area contributed by atoms with Crippen molar-refractivity contribution in [3.05, 3.63) is 29.6 Å². The Labute approximate surface area is 93.8 Å². The zero-order valence-electron chi connectivity index (χ0n) is 8.61. The molecule has 1 aromatic rings. The second kappa shape index (κ2) is 5.26. The lowest BCUT2D eigenvalue weighted by atomic mass is 10.3. The highest BCUT2D eigenvalue weighted by Crippen LogP contribution is 1.96. The number of nitrogens with two attached hydrogens (primary N) is 1. The predicted octanol–water partition coefficient (Wildman–Crippen LogP) is 0.104. The molecule has 6 heteroatoms. The number of aromatic nitrogens is 1.